The third-order valence-corrected chi connectivity index (χ3v) is 0.123. The van der Waals surface area contributed by atoms with E-state index in [-0.39, 0.29) is 27.3 Å². The molecule has 0 saturated heterocycles. The van der Waals surface area contributed by atoms with Crippen LogP contribution >= 0.6 is 0 Å². The fraction of sp³-hybridized carbons (Fsp3) is 0. The Kier molecular flexibility index (Phi) is 8.13. The Morgan fingerprint density at radius 1 is 1.83 bits per heavy atom. The predicted octanol–water partition coefficient (Wildman–Crippen LogP) is -1.79. The van der Waals surface area contributed by atoms with Gasteiger partial charge >= 0.3 is 33.4 Å². The minimum absolute atomic E-state index is 0. The maximum absolute atomic E-state index is 9.13. The molecule has 5 heteroatoms. The van der Waals surface area contributed by atoms with Crippen LogP contribution in [0.15, 0.2) is 0 Å². The van der Waals surface area contributed by atoms with Crippen molar-refractivity contribution in [3.63, 3.8) is 0 Å². The number of nitrogens with two attached hydrogens (primary N) is 1. The zero-order chi connectivity index (χ0) is 4.28. The molecule has 0 aromatic rings. The number of nitrogens with one attached hydrogen (secondary N) is 1. The van der Waals surface area contributed by atoms with Crippen LogP contribution in [-0.2, 0) is 0 Å². The second-order valence-corrected chi connectivity index (χ2v) is 0.449. The molecule has 1 amide bonds. The summed E-state index contributed by atoms with van der Waals surface area (Å²) in [7, 11) is 0. The van der Waals surface area contributed by atoms with E-state index in [0.717, 1.165) is 0 Å². The Morgan fingerprint density at radius 3 is 2.00 bits per heavy atom. The van der Waals surface area contributed by atoms with Gasteiger partial charge in [-0.3, -0.25) is 5.43 Å². The summed E-state index contributed by atoms with van der Waals surface area (Å²) in [5.74, 6) is 4.32. The number of hydrazine groups is 1. The van der Waals surface area contributed by atoms with E-state index in [1.165, 1.54) is 5.43 Å². The van der Waals surface area contributed by atoms with Crippen LogP contribution in [0.5, 0.6) is 0 Å². The predicted molar refractivity (Wildman–Crippen MR) is 23.9 cm³/mol. The molecule has 36 valence electrons. The molecule has 0 unspecified atom stereocenters. The SMILES string of the molecule is NNC(=O)O.[PbH2]. The Bertz CT molecular complexity index is 46.8. The maximum atomic E-state index is 9.13. The van der Waals surface area contributed by atoms with E-state index < -0.39 is 6.09 Å². The van der Waals surface area contributed by atoms with Crippen molar-refractivity contribution in [2.24, 2.45) is 5.84 Å². The number of carboxylic acid groups (broad SMARTS) is 1. The van der Waals surface area contributed by atoms with Crippen molar-refractivity contribution in [1.29, 1.82) is 0 Å². The van der Waals surface area contributed by atoms with E-state index >= 15 is 0 Å². The molecule has 0 bridgehead atoms. The standard InChI is InChI=1S/CH4N2O2.Pb.2H/c2-3-1(4)5;;;/h3H,2H2,(H,4,5);;;. The monoisotopic (exact) mass is 286 g/mol. The van der Waals surface area contributed by atoms with Crippen molar-refractivity contribution >= 4 is 33.4 Å². The van der Waals surface area contributed by atoms with Crippen LogP contribution in [0.2, 0.25) is 0 Å². The molecule has 0 aromatic carbocycles. The topological polar surface area (TPSA) is 75.3 Å². The quantitative estimate of drug-likeness (QED) is 0.213. The Hall–Kier alpha value is 0.152. The van der Waals surface area contributed by atoms with Gasteiger partial charge in [-0.05, 0) is 0 Å². The number of carbonyl (C=O) groups is 1. The molecular weight excluding hydrogens is 279 g/mol. The molecule has 0 spiro atoms. The van der Waals surface area contributed by atoms with Crippen molar-refractivity contribution in [1.82, 2.24) is 5.43 Å². The van der Waals surface area contributed by atoms with Crippen LogP contribution in [0.3, 0.4) is 0 Å². The first-order chi connectivity index (χ1) is 2.27. The fourth-order valence-electron chi connectivity index (χ4n) is 0. The summed E-state index contributed by atoms with van der Waals surface area (Å²) in [5, 5.41) is 7.49. The van der Waals surface area contributed by atoms with Gasteiger partial charge in [0.15, 0.2) is 0 Å². The molecule has 0 aliphatic carbocycles. The average Bonchev–Trinajstić information content (AvgIpc) is 1.38. The fourth-order valence-corrected chi connectivity index (χ4v) is 0. The molecule has 0 rings (SSSR count). The molecular formula is CH6N2O2Pb. The van der Waals surface area contributed by atoms with Crippen molar-refractivity contribution in [3.05, 3.63) is 0 Å². The van der Waals surface area contributed by atoms with Crippen molar-refractivity contribution in [2.45, 2.75) is 0 Å². The molecule has 0 fully saturated rings. The van der Waals surface area contributed by atoms with Crippen molar-refractivity contribution in [2.75, 3.05) is 0 Å². The first kappa shape index (κ1) is 9.47. The van der Waals surface area contributed by atoms with E-state index in [2.05, 4.69) is 5.84 Å². The van der Waals surface area contributed by atoms with Gasteiger partial charge in [0.25, 0.3) is 0 Å². The van der Waals surface area contributed by atoms with Crippen LogP contribution in [0, 0.1) is 0 Å². The summed E-state index contributed by atoms with van der Waals surface area (Å²) in [4.78, 5) is 9.13. The molecule has 0 atom stereocenters. The normalized spacial score (nSPS) is 5.50. The Balaban J connectivity index is 0. The van der Waals surface area contributed by atoms with Gasteiger partial charge < -0.3 is 5.11 Å². The minimum atomic E-state index is -1.22. The van der Waals surface area contributed by atoms with Gasteiger partial charge in [-0.2, -0.15) is 0 Å². The van der Waals surface area contributed by atoms with Crippen LogP contribution in [0.25, 0.3) is 0 Å². The molecule has 0 aliphatic heterocycles. The summed E-state index contributed by atoms with van der Waals surface area (Å²) in [6, 6.07) is 0. The summed E-state index contributed by atoms with van der Waals surface area (Å²) in [6.07, 6.45) is -1.22. The van der Waals surface area contributed by atoms with Gasteiger partial charge in [-0.25, -0.2) is 10.6 Å². The summed E-state index contributed by atoms with van der Waals surface area (Å²) in [5.41, 5.74) is 1.44. The summed E-state index contributed by atoms with van der Waals surface area (Å²) < 4.78 is 0. The summed E-state index contributed by atoms with van der Waals surface area (Å²) in [6.45, 7) is 0. The molecule has 0 saturated carbocycles. The zero-order valence-electron chi connectivity index (χ0n) is 3.14. The second-order valence-electron chi connectivity index (χ2n) is 0.449. The van der Waals surface area contributed by atoms with Gasteiger partial charge in [-0.15, -0.1) is 0 Å². The van der Waals surface area contributed by atoms with E-state index in [0.29, 0.717) is 0 Å². The zero-order valence-corrected chi connectivity index (χ0v) is 8.64. The number of rotatable bonds is 0. The first-order valence-corrected chi connectivity index (χ1v) is 0.966. The third-order valence-electron chi connectivity index (χ3n) is 0.123. The number of hydrogen-bond donors (Lipinski definition) is 3. The van der Waals surface area contributed by atoms with Gasteiger partial charge in [0.1, 0.15) is 0 Å². The van der Waals surface area contributed by atoms with Crippen LogP contribution in [0.1, 0.15) is 0 Å². The Morgan fingerprint density at radius 2 is 2.00 bits per heavy atom. The number of amides is 1. The Labute approximate surface area is 54.8 Å². The van der Waals surface area contributed by atoms with Crippen LogP contribution < -0.4 is 11.3 Å². The average molecular weight is 285 g/mol. The molecule has 4 N–H and O–H groups in total. The molecule has 2 radical (unpaired) electrons. The molecule has 6 heavy (non-hydrogen) atoms. The summed E-state index contributed by atoms with van der Waals surface area (Å²) >= 11 is 0. The molecule has 0 aromatic heterocycles. The van der Waals surface area contributed by atoms with E-state index in [1.807, 2.05) is 0 Å². The van der Waals surface area contributed by atoms with E-state index in [9.17, 15) is 0 Å². The number of hydrogen-bond acceptors (Lipinski definition) is 2. The molecule has 0 aliphatic rings. The third kappa shape index (κ3) is 8.91. The second kappa shape index (κ2) is 5.15. The van der Waals surface area contributed by atoms with Crippen molar-refractivity contribution in [3.8, 4) is 0 Å². The molecule has 4 nitrogen and oxygen atoms in total. The van der Waals surface area contributed by atoms with Gasteiger partial charge in [-0.1, -0.05) is 0 Å². The van der Waals surface area contributed by atoms with Crippen LogP contribution in [-0.4, -0.2) is 38.5 Å². The van der Waals surface area contributed by atoms with E-state index in [1.54, 1.807) is 0 Å². The van der Waals surface area contributed by atoms with Gasteiger partial charge in [0, 0.05) is 0 Å². The van der Waals surface area contributed by atoms with Gasteiger partial charge in [0.05, 0.1) is 0 Å². The molecule has 0 heterocycles. The first-order valence-electron chi connectivity index (χ1n) is 0.966. The van der Waals surface area contributed by atoms with Crippen LogP contribution in [0.4, 0.5) is 4.79 Å². The van der Waals surface area contributed by atoms with Gasteiger partial charge in [0.2, 0.25) is 0 Å². The van der Waals surface area contributed by atoms with E-state index in [4.69, 9.17) is 9.90 Å². The van der Waals surface area contributed by atoms with Crippen molar-refractivity contribution < 1.29 is 9.90 Å².